The van der Waals surface area contributed by atoms with Crippen LogP contribution in [0.5, 0.6) is 0 Å². The van der Waals surface area contributed by atoms with Crippen LogP contribution >= 0.6 is 0 Å². The lowest BCUT2D eigenvalue weighted by Gasteiger charge is -2.03. The Morgan fingerprint density at radius 3 is 2.64 bits per heavy atom. The lowest BCUT2D eigenvalue weighted by Crippen LogP contribution is -2.12. The molecule has 0 aliphatic heterocycles. The maximum atomic E-state index is 12.4. The van der Waals surface area contributed by atoms with Gasteiger partial charge in [0.1, 0.15) is 0 Å². The highest BCUT2D eigenvalue weighted by Gasteiger charge is 2.17. The zero-order chi connectivity index (χ0) is 19.5. The van der Waals surface area contributed by atoms with Gasteiger partial charge in [-0.25, -0.2) is 0 Å². The normalized spacial score (nSPS) is 10.8. The average Bonchev–Trinajstić information content (AvgIpc) is 3.35. The third kappa shape index (κ3) is 3.83. The van der Waals surface area contributed by atoms with Gasteiger partial charge in [0.2, 0.25) is 5.89 Å². The molecule has 0 spiro atoms. The number of carbonyl (C=O) groups excluding carboxylic acids is 1. The van der Waals surface area contributed by atoms with E-state index in [2.05, 4.69) is 26.7 Å². The van der Waals surface area contributed by atoms with Crippen LogP contribution in [-0.4, -0.2) is 21.3 Å². The highest BCUT2D eigenvalue weighted by Crippen LogP contribution is 2.21. The van der Waals surface area contributed by atoms with E-state index in [-0.39, 0.29) is 11.7 Å². The Balaban J connectivity index is 1.44. The van der Waals surface area contributed by atoms with Crippen LogP contribution in [0, 0.1) is 13.8 Å². The summed E-state index contributed by atoms with van der Waals surface area (Å²) < 4.78 is 10.8. The van der Waals surface area contributed by atoms with Gasteiger partial charge in [-0.2, -0.15) is 0 Å². The minimum Gasteiger partial charge on any atom is -0.407 e. The van der Waals surface area contributed by atoms with Gasteiger partial charge >= 0.3 is 6.01 Å². The van der Waals surface area contributed by atoms with Gasteiger partial charge in [0.05, 0.1) is 6.42 Å². The maximum Gasteiger partial charge on any atom is 0.322 e. The Kier molecular flexibility index (Phi) is 4.72. The number of carbonyl (C=O) groups is 1. The van der Waals surface area contributed by atoms with Crippen LogP contribution < -0.4 is 5.32 Å². The average molecular weight is 374 g/mol. The minimum absolute atomic E-state index is 0.0222. The molecule has 4 aromatic rings. The van der Waals surface area contributed by atoms with Crippen molar-refractivity contribution in [2.75, 3.05) is 5.32 Å². The summed E-state index contributed by atoms with van der Waals surface area (Å²) in [6, 6.07) is 17.2. The van der Waals surface area contributed by atoms with Gasteiger partial charge in [-0.3, -0.25) is 10.1 Å². The summed E-state index contributed by atoms with van der Waals surface area (Å²) in [5.74, 6) is 0.451. The Bertz CT molecular complexity index is 1120. The molecular weight excluding hydrogens is 356 g/mol. The second-order valence-corrected chi connectivity index (χ2v) is 6.50. The molecule has 140 valence electrons. The van der Waals surface area contributed by atoms with E-state index in [0.717, 1.165) is 16.7 Å². The Hall–Kier alpha value is -3.74. The summed E-state index contributed by atoms with van der Waals surface area (Å²) in [6.07, 6.45) is 0.497. The van der Waals surface area contributed by atoms with Gasteiger partial charge in [0.15, 0.2) is 11.5 Å². The first-order chi connectivity index (χ1) is 13.6. The molecule has 0 atom stereocenters. The number of aromatic nitrogens is 3. The van der Waals surface area contributed by atoms with E-state index in [1.807, 2.05) is 56.3 Å². The second-order valence-electron chi connectivity index (χ2n) is 6.50. The van der Waals surface area contributed by atoms with Gasteiger partial charge < -0.3 is 8.94 Å². The molecule has 7 nitrogen and oxygen atoms in total. The van der Waals surface area contributed by atoms with Crippen molar-refractivity contribution >= 4 is 11.9 Å². The van der Waals surface area contributed by atoms with Crippen LogP contribution in [-0.2, 0) is 6.42 Å². The molecule has 0 aliphatic carbocycles. The summed E-state index contributed by atoms with van der Waals surface area (Å²) in [6.45, 7) is 4.08. The molecule has 4 rings (SSSR count). The largest absolute Gasteiger partial charge is 0.407 e. The molecular formula is C21H18N4O3. The SMILES string of the molecule is Cc1ccc(Cc2nnc(NC(=O)c3cc(-c4ccccc4)on3)o2)c(C)c1. The zero-order valence-corrected chi connectivity index (χ0v) is 15.5. The van der Waals surface area contributed by atoms with E-state index in [0.29, 0.717) is 18.1 Å². The van der Waals surface area contributed by atoms with E-state index in [1.54, 1.807) is 6.07 Å². The van der Waals surface area contributed by atoms with Gasteiger partial charge in [-0.1, -0.05) is 64.3 Å². The Morgan fingerprint density at radius 1 is 1.04 bits per heavy atom. The molecule has 2 aromatic carbocycles. The highest BCUT2D eigenvalue weighted by atomic mass is 16.5. The Labute approximate surface area is 161 Å². The minimum atomic E-state index is -0.479. The topological polar surface area (TPSA) is 94.1 Å². The predicted molar refractivity (Wildman–Crippen MR) is 103 cm³/mol. The fourth-order valence-corrected chi connectivity index (χ4v) is 2.86. The third-order valence-corrected chi connectivity index (χ3v) is 4.33. The Morgan fingerprint density at radius 2 is 1.86 bits per heavy atom. The van der Waals surface area contributed by atoms with Gasteiger partial charge in [-0.15, -0.1) is 5.10 Å². The summed E-state index contributed by atoms with van der Waals surface area (Å²) in [5, 5.41) is 14.2. The molecule has 2 heterocycles. The molecule has 2 aromatic heterocycles. The molecule has 0 aliphatic rings. The standard InChI is InChI=1S/C21H18N4O3/c1-13-8-9-16(14(2)10-13)11-19-23-24-21(27-19)22-20(26)17-12-18(28-25-17)15-6-4-3-5-7-15/h3-10,12H,11H2,1-2H3,(H,22,24,26). The van der Waals surface area contributed by atoms with Crippen molar-refractivity contribution in [2.45, 2.75) is 20.3 Å². The van der Waals surface area contributed by atoms with Crippen molar-refractivity contribution in [3.05, 3.63) is 82.9 Å². The number of hydrogen-bond acceptors (Lipinski definition) is 6. The number of rotatable bonds is 5. The first kappa shape index (κ1) is 17.7. The summed E-state index contributed by atoms with van der Waals surface area (Å²) in [7, 11) is 0. The number of anilines is 1. The van der Waals surface area contributed by atoms with Gasteiger partial charge in [-0.05, 0) is 25.0 Å². The lowest BCUT2D eigenvalue weighted by atomic mass is 10.0. The number of aryl methyl sites for hydroxylation is 2. The van der Waals surface area contributed by atoms with E-state index >= 15 is 0 Å². The zero-order valence-electron chi connectivity index (χ0n) is 15.5. The van der Waals surface area contributed by atoms with E-state index < -0.39 is 5.91 Å². The molecule has 0 saturated heterocycles. The van der Waals surface area contributed by atoms with Crippen LogP contribution in [0.15, 0.2) is 63.5 Å². The quantitative estimate of drug-likeness (QED) is 0.563. The third-order valence-electron chi connectivity index (χ3n) is 4.33. The van der Waals surface area contributed by atoms with Gasteiger partial charge in [0.25, 0.3) is 5.91 Å². The van der Waals surface area contributed by atoms with Crippen LogP contribution in [0.1, 0.15) is 33.1 Å². The molecule has 0 unspecified atom stereocenters. The summed E-state index contributed by atoms with van der Waals surface area (Å²) >= 11 is 0. The van der Waals surface area contributed by atoms with Crippen LogP contribution in [0.4, 0.5) is 6.01 Å². The van der Waals surface area contributed by atoms with Gasteiger partial charge in [0, 0.05) is 11.6 Å². The molecule has 28 heavy (non-hydrogen) atoms. The van der Waals surface area contributed by atoms with Crippen LogP contribution in [0.25, 0.3) is 11.3 Å². The predicted octanol–water partition coefficient (Wildman–Crippen LogP) is 4.18. The summed E-state index contributed by atoms with van der Waals surface area (Å²) in [4.78, 5) is 12.4. The molecule has 7 heteroatoms. The molecule has 1 N–H and O–H groups in total. The lowest BCUT2D eigenvalue weighted by molar-refractivity contribution is 0.101. The number of amides is 1. The summed E-state index contributed by atoms with van der Waals surface area (Å²) in [5.41, 5.74) is 4.41. The first-order valence-electron chi connectivity index (χ1n) is 8.80. The smallest absolute Gasteiger partial charge is 0.322 e. The molecule has 0 radical (unpaired) electrons. The number of nitrogens with zero attached hydrogens (tertiary/aromatic N) is 3. The second kappa shape index (κ2) is 7.48. The number of hydrogen-bond donors (Lipinski definition) is 1. The van der Waals surface area contributed by atoms with E-state index in [1.165, 1.54) is 5.56 Å². The highest BCUT2D eigenvalue weighted by molar-refractivity contribution is 6.02. The number of benzene rings is 2. The fourth-order valence-electron chi connectivity index (χ4n) is 2.86. The van der Waals surface area contributed by atoms with Crippen molar-refractivity contribution in [1.82, 2.24) is 15.4 Å². The first-order valence-corrected chi connectivity index (χ1v) is 8.80. The van der Waals surface area contributed by atoms with Crippen molar-refractivity contribution in [3.63, 3.8) is 0 Å². The van der Waals surface area contributed by atoms with E-state index in [4.69, 9.17) is 8.94 Å². The molecule has 0 bridgehead atoms. The molecule has 1 amide bonds. The van der Waals surface area contributed by atoms with Crippen molar-refractivity contribution in [3.8, 4) is 11.3 Å². The van der Waals surface area contributed by atoms with Crippen molar-refractivity contribution in [2.24, 2.45) is 0 Å². The van der Waals surface area contributed by atoms with Crippen molar-refractivity contribution in [1.29, 1.82) is 0 Å². The molecule has 0 saturated carbocycles. The van der Waals surface area contributed by atoms with Crippen LogP contribution in [0.2, 0.25) is 0 Å². The maximum absolute atomic E-state index is 12.4. The fraction of sp³-hybridized carbons (Fsp3) is 0.143. The van der Waals surface area contributed by atoms with E-state index in [9.17, 15) is 4.79 Å². The van der Waals surface area contributed by atoms with Crippen LogP contribution in [0.3, 0.4) is 0 Å². The van der Waals surface area contributed by atoms with Crippen molar-refractivity contribution < 1.29 is 13.7 Å². The monoisotopic (exact) mass is 374 g/mol. The molecule has 0 fully saturated rings. The number of nitrogens with one attached hydrogen (secondary N) is 1.